The second kappa shape index (κ2) is 4.82. The van der Waals surface area contributed by atoms with Crippen molar-refractivity contribution in [2.75, 3.05) is 0 Å². The molecule has 82 valence electrons. The molecule has 0 fully saturated rings. The Hall–Kier alpha value is -0.450. The first-order chi connectivity index (χ1) is 7.59. The van der Waals surface area contributed by atoms with E-state index in [9.17, 15) is 4.79 Å². The Morgan fingerprint density at radius 3 is 2.44 bits per heavy atom. The number of halogens is 2. The molecule has 0 atom stereocenters. The van der Waals surface area contributed by atoms with Crippen LogP contribution in [0.2, 0.25) is 0 Å². The van der Waals surface area contributed by atoms with Crippen molar-refractivity contribution in [2.45, 2.75) is 6.92 Å². The summed E-state index contributed by atoms with van der Waals surface area (Å²) in [5, 5.41) is 3.77. The minimum atomic E-state index is 0.0417. The summed E-state index contributed by atoms with van der Waals surface area (Å²) in [7, 11) is 0. The molecule has 0 bridgehead atoms. The van der Waals surface area contributed by atoms with Crippen molar-refractivity contribution >= 4 is 49.0 Å². The topological polar surface area (TPSA) is 17.1 Å². The van der Waals surface area contributed by atoms with E-state index in [2.05, 4.69) is 31.9 Å². The standard InChI is InChI=1S/C12H8Br2OS/c1-7-2-3-8(10(13)4-7)12(15)9-5-16-6-11(9)14/h2-6H,1H3. The molecule has 0 unspecified atom stereocenters. The van der Waals surface area contributed by atoms with Gasteiger partial charge in [0.05, 0.1) is 0 Å². The van der Waals surface area contributed by atoms with E-state index in [-0.39, 0.29) is 5.78 Å². The summed E-state index contributed by atoms with van der Waals surface area (Å²) in [6.45, 7) is 2.00. The van der Waals surface area contributed by atoms with Gasteiger partial charge < -0.3 is 0 Å². The van der Waals surface area contributed by atoms with E-state index in [4.69, 9.17) is 0 Å². The predicted molar refractivity (Wildman–Crippen MR) is 74.3 cm³/mol. The number of hydrogen-bond acceptors (Lipinski definition) is 2. The van der Waals surface area contributed by atoms with Gasteiger partial charge in [0.15, 0.2) is 5.78 Å². The Labute approximate surface area is 115 Å². The Morgan fingerprint density at radius 2 is 1.88 bits per heavy atom. The van der Waals surface area contributed by atoms with Crippen LogP contribution >= 0.6 is 43.2 Å². The molecule has 0 spiro atoms. The fourth-order valence-electron chi connectivity index (χ4n) is 1.39. The number of hydrogen-bond donors (Lipinski definition) is 0. The second-order valence-electron chi connectivity index (χ2n) is 3.45. The quantitative estimate of drug-likeness (QED) is 0.703. The zero-order valence-corrected chi connectivity index (χ0v) is 12.4. The summed E-state index contributed by atoms with van der Waals surface area (Å²) < 4.78 is 1.70. The van der Waals surface area contributed by atoms with Crippen LogP contribution in [0.1, 0.15) is 21.5 Å². The predicted octanol–water partition coefficient (Wildman–Crippen LogP) is 4.81. The van der Waals surface area contributed by atoms with Crippen molar-refractivity contribution in [3.8, 4) is 0 Å². The van der Waals surface area contributed by atoms with Gasteiger partial charge in [0, 0.05) is 30.8 Å². The molecule has 0 saturated carbocycles. The molecule has 1 aromatic heterocycles. The van der Waals surface area contributed by atoms with Crippen LogP contribution in [0.5, 0.6) is 0 Å². The summed E-state index contributed by atoms with van der Waals surface area (Å²) in [6.07, 6.45) is 0. The second-order valence-corrected chi connectivity index (χ2v) is 5.90. The zero-order chi connectivity index (χ0) is 11.7. The SMILES string of the molecule is Cc1ccc(C(=O)c2cscc2Br)c(Br)c1. The molecule has 2 rings (SSSR count). The average Bonchev–Trinajstić information content (AvgIpc) is 2.63. The van der Waals surface area contributed by atoms with Crippen LogP contribution in [0, 0.1) is 6.92 Å². The van der Waals surface area contributed by atoms with Gasteiger partial charge in [0.2, 0.25) is 0 Å². The lowest BCUT2D eigenvalue weighted by molar-refractivity contribution is 0.103. The largest absolute Gasteiger partial charge is 0.288 e. The van der Waals surface area contributed by atoms with E-state index in [0.717, 1.165) is 20.1 Å². The molecule has 0 aliphatic carbocycles. The highest BCUT2D eigenvalue weighted by Gasteiger charge is 2.15. The molecule has 1 aromatic carbocycles. The van der Waals surface area contributed by atoms with E-state index in [0.29, 0.717) is 5.56 Å². The maximum absolute atomic E-state index is 12.2. The Balaban J connectivity index is 2.46. The van der Waals surface area contributed by atoms with Gasteiger partial charge in [0.1, 0.15) is 0 Å². The minimum Gasteiger partial charge on any atom is -0.288 e. The molecule has 0 radical (unpaired) electrons. The molecule has 1 heterocycles. The number of ketones is 1. The van der Waals surface area contributed by atoms with Crippen molar-refractivity contribution in [2.24, 2.45) is 0 Å². The summed E-state index contributed by atoms with van der Waals surface area (Å²) in [5.41, 5.74) is 2.55. The first-order valence-electron chi connectivity index (χ1n) is 4.62. The highest BCUT2D eigenvalue weighted by Crippen LogP contribution is 2.27. The molecule has 1 nitrogen and oxygen atoms in total. The van der Waals surface area contributed by atoms with Crippen LogP contribution in [0.4, 0.5) is 0 Å². The number of benzene rings is 1. The monoisotopic (exact) mass is 358 g/mol. The number of carbonyl (C=O) groups is 1. The molecule has 0 saturated heterocycles. The third-order valence-corrected chi connectivity index (χ3v) is 4.59. The normalized spacial score (nSPS) is 10.4. The van der Waals surface area contributed by atoms with E-state index in [1.165, 1.54) is 11.3 Å². The van der Waals surface area contributed by atoms with Crippen LogP contribution in [0.3, 0.4) is 0 Å². The fourth-order valence-corrected chi connectivity index (χ4v) is 3.52. The van der Waals surface area contributed by atoms with Gasteiger partial charge in [-0.3, -0.25) is 4.79 Å². The molecular weight excluding hydrogens is 352 g/mol. The average molecular weight is 360 g/mol. The van der Waals surface area contributed by atoms with Crippen molar-refractivity contribution < 1.29 is 4.79 Å². The van der Waals surface area contributed by atoms with E-state index in [1.807, 2.05) is 35.9 Å². The number of thiophene rings is 1. The van der Waals surface area contributed by atoms with Gasteiger partial charge in [-0.1, -0.05) is 22.0 Å². The van der Waals surface area contributed by atoms with E-state index in [1.54, 1.807) is 0 Å². The first-order valence-corrected chi connectivity index (χ1v) is 7.15. The van der Waals surface area contributed by atoms with Crippen molar-refractivity contribution in [3.05, 3.63) is 54.6 Å². The Bertz CT molecular complexity index is 546. The lowest BCUT2D eigenvalue weighted by Gasteiger charge is -2.03. The van der Waals surface area contributed by atoms with Crippen molar-refractivity contribution in [1.29, 1.82) is 0 Å². The van der Waals surface area contributed by atoms with Gasteiger partial charge in [-0.25, -0.2) is 0 Å². The minimum absolute atomic E-state index is 0.0417. The molecule has 0 aliphatic rings. The maximum atomic E-state index is 12.2. The van der Waals surface area contributed by atoms with E-state index < -0.39 is 0 Å². The summed E-state index contributed by atoms with van der Waals surface area (Å²) in [6, 6.07) is 5.75. The lowest BCUT2D eigenvalue weighted by atomic mass is 10.0. The highest BCUT2D eigenvalue weighted by atomic mass is 79.9. The maximum Gasteiger partial charge on any atom is 0.196 e. The summed E-state index contributed by atoms with van der Waals surface area (Å²) in [4.78, 5) is 12.2. The zero-order valence-electron chi connectivity index (χ0n) is 8.46. The summed E-state index contributed by atoms with van der Waals surface area (Å²) >= 11 is 8.32. The third kappa shape index (κ3) is 2.29. The number of rotatable bonds is 2. The van der Waals surface area contributed by atoms with Crippen LogP contribution in [0.15, 0.2) is 37.9 Å². The van der Waals surface area contributed by atoms with Crippen molar-refractivity contribution in [3.63, 3.8) is 0 Å². The highest BCUT2D eigenvalue weighted by molar-refractivity contribution is 9.11. The van der Waals surface area contributed by atoms with Gasteiger partial charge in [-0.05, 0) is 40.5 Å². The van der Waals surface area contributed by atoms with Crippen LogP contribution in [-0.2, 0) is 0 Å². The summed E-state index contributed by atoms with van der Waals surface area (Å²) in [5.74, 6) is 0.0417. The molecule has 16 heavy (non-hydrogen) atoms. The smallest absolute Gasteiger partial charge is 0.196 e. The van der Waals surface area contributed by atoms with Gasteiger partial charge in [-0.2, -0.15) is 11.3 Å². The van der Waals surface area contributed by atoms with E-state index >= 15 is 0 Å². The Morgan fingerprint density at radius 1 is 1.12 bits per heavy atom. The van der Waals surface area contributed by atoms with Crippen molar-refractivity contribution in [1.82, 2.24) is 0 Å². The third-order valence-electron chi connectivity index (χ3n) is 2.23. The van der Waals surface area contributed by atoms with Crippen LogP contribution < -0.4 is 0 Å². The van der Waals surface area contributed by atoms with Gasteiger partial charge in [0.25, 0.3) is 0 Å². The molecule has 0 amide bonds. The molecule has 2 aromatic rings. The number of carbonyl (C=O) groups excluding carboxylic acids is 1. The molecule has 4 heteroatoms. The van der Waals surface area contributed by atoms with Crippen LogP contribution in [0.25, 0.3) is 0 Å². The Kier molecular flexibility index (Phi) is 3.62. The van der Waals surface area contributed by atoms with Gasteiger partial charge in [-0.15, -0.1) is 0 Å². The molecular formula is C12H8Br2OS. The van der Waals surface area contributed by atoms with Crippen LogP contribution in [-0.4, -0.2) is 5.78 Å². The van der Waals surface area contributed by atoms with Gasteiger partial charge >= 0.3 is 0 Å². The fraction of sp³-hybridized carbons (Fsp3) is 0.0833. The molecule has 0 N–H and O–H groups in total. The number of aryl methyl sites for hydroxylation is 1. The lowest BCUT2D eigenvalue weighted by Crippen LogP contribution is -2.01. The first kappa shape index (κ1) is 12.0. The molecule has 0 aliphatic heterocycles.